The summed E-state index contributed by atoms with van der Waals surface area (Å²) < 4.78 is 1.76. The molecule has 0 unspecified atom stereocenters. The molecule has 2 aromatic heterocycles. The number of hydrogen-bond donors (Lipinski definition) is 0. The van der Waals surface area contributed by atoms with Gasteiger partial charge in [-0.05, 0) is 29.1 Å². The Bertz CT molecular complexity index is 1070. The van der Waals surface area contributed by atoms with Crippen molar-refractivity contribution in [1.82, 2.24) is 9.55 Å². The van der Waals surface area contributed by atoms with Gasteiger partial charge in [0.25, 0.3) is 5.56 Å². The summed E-state index contributed by atoms with van der Waals surface area (Å²) in [5.41, 5.74) is 1.86. The summed E-state index contributed by atoms with van der Waals surface area (Å²) in [5.74, 6) is 0. The number of benzene rings is 2. The van der Waals surface area contributed by atoms with Crippen LogP contribution >= 0.6 is 11.6 Å². The van der Waals surface area contributed by atoms with Crippen LogP contribution in [0.3, 0.4) is 0 Å². The zero-order valence-electron chi connectivity index (χ0n) is 12.2. The molecule has 0 bridgehead atoms. The lowest BCUT2D eigenvalue weighted by Crippen LogP contribution is -2.21. The molecule has 0 saturated heterocycles. The van der Waals surface area contributed by atoms with Gasteiger partial charge in [0.1, 0.15) is 0 Å². The van der Waals surface area contributed by atoms with Gasteiger partial charge in [-0.3, -0.25) is 9.78 Å². The Hall–Kier alpha value is -2.65. The summed E-state index contributed by atoms with van der Waals surface area (Å²) in [7, 11) is 0. The predicted octanol–water partition coefficient (Wildman–Crippen LogP) is 4.25. The summed E-state index contributed by atoms with van der Waals surface area (Å²) in [6, 6.07) is 17.5. The number of nitrogens with zero attached hydrogens (tertiary/aromatic N) is 2. The quantitative estimate of drug-likeness (QED) is 0.517. The molecule has 0 radical (unpaired) electrons. The number of fused-ring (bicyclic) bond motifs is 3. The average molecular weight is 321 g/mol. The molecule has 0 amide bonds. The van der Waals surface area contributed by atoms with Gasteiger partial charge in [-0.2, -0.15) is 0 Å². The van der Waals surface area contributed by atoms with Crippen LogP contribution in [0.2, 0.25) is 5.02 Å². The van der Waals surface area contributed by atoms with Crippen molar-refractivity contribution in [1.29, 1.82) is 0 Å². The van der Waals surface area contributed by atoms with Crippen LogP contribution < -0.4 is 5.56 Å². The van der Waals surface area contributed by atoms with Crippen molar-refractivity contribution in [3.63, 3.8) is 0 Å². The number of halogens is 1. The van der Waals surface area contributed by atoms with Crippen LogP contribution in [-0.4, -0.2) is 9.55 Å². The first-order valence-electron chi connectivity index (χ1n) is 7.34. The van der Waals surface area contributed by atoms with E-state index in [0.29, 0.717) is 17.0 Å². The molecule has 2 heterocycles. The zero-order valence-corrected chi connectivity index (χ0v) is 13.0. The van der Waals surface area contributed by atoms with Gasteiger partial charge < -0.3 is 4.57 Å². The standard InChI is InChI=1S/C19H13ClN2O/c20-14-6-7-16-15-8-9-21-11-17(15)19(23)22(18(16)10-14)12-13-4-2-1-3-5-13/h1-11H,12H2. The molecule has 112 valence electrons. The first kappa shape index (κ1) is 14.0. The van der Waals surface area contributed by atoms with Crippen molar-refractivity contribution < 1.29 is 0 Å². The summed E-state index contributed by atoms with van der Waals surface area (Å²) in [4.78, 5) is 17.0. The zero-order chi connectivity index (χ0) is 15.8. The number of rotatable bonds is 2. The molecule has 0 N–H and O–H groups in total. The molecule has 0 spiro atoms. The fourth-order valence-electron chi connectivity index (χ4n) is 2.93. The lowest BCUT2D eigenvalue weighted by atomic mass is 10.1. The smallest absolute Gasteiger partial charge is 0.260 e. The van der Waals surface area contributed by atoms with Gasteiger partial charge >= 0.3 is 0 Å². The van der Waals surface area contributed by atoms with E-state index in [9.17, 15) is 4.79 Å². The SMILES string of the molecule is O=c1c2cnccc2c2ccc(Cl)cc2n1Cc1ccccc1. The highest BCUT2D eigenvalue weighted by Gasteiger charge is 2.11. The van der Waals surface area contributed by atoms with E-state index in [0.717, 1.165) is 21.9 Å². The van der Waals surface area contributed by atoms with E-state index in [1.807, 2.05) is 54.6 Å². The van der Waals surface area contributed by atoms with Gasteiger partial charge in [0, 0.05) is 22.8 Å². The first-order chi connectivity index (χ1) is 11.2. The minimum Gasteiger partial charge on any atom is -0.303 e. The number of pyridine rings is 2. The maximum Gasteiger partial charge on any atom is 0.260 e. The molecule has 0 aliphatic heterocycles. The van der Waals surface area contributed by atoms with Crippen LogP contribution in [0.4, 0.5) is 0 Å². The van der Waals surface area contributed by atoms with E-state index in [1.165, 1.54) is 0 Å². The minimum absolute atomic E-state index is 0.0493. The Kier molecular flexibility index (Phi) is 3.36. The maximum absolute atomic E-state index is 12.9. The fraction of sp³-hybridized carbons (Fsp3) is 0.0526. The van der Waals surface area contributed by atoms with Crippen LogP contribution in [0.25, 0.3) is 21.7 Å². The molecule has 0 aliphatic carbocycles. The van der Waals surface area contributed by atoms with Gasteiger partial charge in [0.2, 0.25) is 0 Å². The third-order valence-electron chi connectivity index (χ3n) is 4.02. The minimum atomic E-state index is -0.0493. The van der Waals surface area contributed by atoms with Crippen molar-refractivity contribution in [3.05, 3.63) is 87.9 Å². The summed E-state index contributed by atoms with van der Waals surface area (Å²) in [5, 5.41) is 3.15. The maximum atomic E-state index is 12.9. The molecule has 0 saturated carbocycles. The molecular formula is C19H13ClN2O. The predicted molar refractivity (Wildman–Crippen MR) is 94.1 cm³/mol. The van der Waals surface area contributed by atoms with E-state index in [-0.39, 0.29) is 5.56 Å². The van der Waals surface area contributed by atoms with Crippen LogP contribution in [0, 0.1) is 0 Å². The van der Waals surface area contributed by atoms with Crippen LogP contribution in [0.15, 0.2) is 71.8 Å². The summed E-state index contributed by atoms with van der Waals surface area (Å²) in [6.07, 6.45) is 3.34. The molecule has 0 fully saturated rings. The highest BCUT2D eigenvalue weighted by Crippen LogP contribution is 2.25. The van der Waals surface area contributed by atoms with Crippen molar-refractivity contribution in [2.24, 2.45) is 0 Å². The lowest BCUT2D eigenvalue weighted by Gasteiger charge is -2.13. The molecule has 4 aromatic rings. The van der Waals surface area contributed by atoms with Gasteiger partial charge in [-0.1, -0.05) is 48.0 Å². The van der Waals surface area contributed by atoms with E-state index in [4.69, 9.17) is 11.6 Å². The Morgan fingerprint density at radius 2 is 1.78 bits per heavy atom. The van der Waals surface area contributed by atoms with Crippen molar-refractivity contribution in [2.45, 2.75) is 6.54 Å². The van der Waals surface area contributed by atoms with Gasteiger partial charge in [-0.15, -0.1) is 0 Å². The first-order valence-corrected chi connectivity index (χ1v) is 7.71. The van der Waals surface area contributed by atoms with E-state index in [2.05, 4.69) is 4.98 Å². The van der Waals surface area contributed by atoms with Gasteiger partial charge in [-0.25, -0.2) is 0 Å². The highest BCUT2D eigenvalue weighted by molar-refractivity contribution is 6.31. The molecule has 0 atom stereocenters. The Balaban J connectivity index is 2.09. The van der Waals surface area contributed by atoms with Crippen LogP contribution in [-0.2, 0) is 6.54 Å². The second-order valence-electron chi connectivity index (χ2n) is 5.46. The molecule has 4 rings (SSSR count). The van der Waals surface area contributed by atoms with Crippen LogP contribution in [0.1, 0.15) is 5.56 Å². The van der Waals surface area contributed by atoms with Crippen molar-refractivity contribution in [2.75, 3.05) is 0 Å². The molecule has 0 aliphatic rings. The number of aromatic nitrogens is 2. The topological polar surface area (TPSA) is 34.9 Å². The molecule has 23 heavy (non-hydrogen) atoms. The monoisotopic (exact) mass is 320 g/mol. The Labute approximate surface area is 137 Å². The third kappa shape index (κ3) is 2.39. The molecule has 2 aromatic carbocycles. The summed E-state index contributed by atoms with van der Waals surface area (Å²) >= 11 is 6.17. The highest BCUT2D eigenvalue weighted by atomic mass is 35.5. The normalized spacial score (nSPS) is 11.2. The fourth-order valence-corrected chi connectivity index (χ4v) is 3.10. The second kappa shape index (κ2) is 5.52. The van der Waals surface area contributed by atoms with E-state index < -0.39 is 0 Å². The van der Waals surface area contributed by atoms with Gasteiger partial charge in [0.05, 0.1) is 17.4 Å². The lowest BCUT2D eigenvalue weighted by molar-refractivity contribution is 0.802. The van der Waals surface area contributed by atoms with E-state index in [1.54, 1.807) is 17.0 Å². The third-order valence-corrected chi connectivity index (χ3v) is 4.26. The molecular weight excluding hydrogens is 308 g/mol. The average Bonchev–Trinajstić information content (AvgIpc) is 2.59. The largest absolute Gasteiger partial charge is 0.303 e. The molecule has 4 heteroatoms. The number of hydrogen-bond acceptors (Lipinski definition) is 2. The second-order valence-corrected chi connectivity index (χ2v) is 5.90. The van der Waals surface area contributed by atoms with Crippen LogP contribution in [0.5, 0.6) is 0 Å². The Morgan fingerprint density at radius 1 is 0.957 bits per heavy atom. The Morgan fingerprint density at radius 3 is 2.61 bits per heavy atom. The van der Waals surface area contributed by atoms with E-state index >= 15 is 0 Å². The summed E-state index contributed by atoms with van der Waals surface area (Å²) in [6.45, 7) is 0.501. The molecule has 3 nitrogen and oxygen atoms in total. The van der Waals surface area contributed by atoms with Gasteiger partial charge in [0.15, 0.2) is 0 Å². The van der Waals surface area contributed by atoms with Crippen molar-refractivity contribution >= 4 is 33.3 Å². The van der Waals surface area contributed by atoms with Crippen molar-refractivity contribution in [3.8, 4) is 0 Å².